The minimum absolute atomic E-state index is 0.0394. The highest BCUT2D eigenvalue weighted by Gasteiger charge is 2.44. The standard InChI is InChI=1S/C12H15BrN2O2/c1-17-8-12(4-2-5-12)11(16)15-10-3-6-14-7-9(10)13/h3,6-7H,2,4-5,8H2,1H3,(H,14,15,16). The molecule has 2 rings (SSSR count). The lowest BCUT2D eigenvalue weighted by atomic mass is 9.68. The number of ether oxygens (including phenoxy) is 1. The van der Waals surface area contributed by atoms with Crippen molar-refractivity contribution < 1.29 is 9.53 Å². The molecule has 5 heteroatoms. The average molecular weight is 299 g/mol. The van der Waals surface area contributed by atoms with Gasteiger partial charge < -0.3 is 10.1 Å². The van der Waals surface area contributed by atoms with E-state index in [9.17, 15) is 4.79 Å². The quantitative estimate of drug-likeness (QED) is 0.929. The first kappa shape index (κ1) is 12.5. The molecule has 17 heavy (non-hydrogen) atoms. The molecule has 1 aromatic heterocycles. The number of carbonyl (C=O) groups excluding carboxylic acids is 1. The van der Waals surface area contributed by atoms with E-state index in [0.717, 1.165) is 29.4 Å². The van der Waals surface area contributed by atoms with Crippen molar-refractivity contribution in [2.45, 2.75) is 19.3 Å². The zero-order chi connectivity index (χ0) is 12.3. The predicted molar refractivity (Wildman–Crippen MR) is 68.7 cm³/mol. The normalized spacial score (nSPS) is 17.3. The van der Waals surface area contributed by atoms with Crippen LogP contribution >= 0.6 is 15.9 Å². The van der Waals surface area contributed by atoms with Crippen LogP contribution < -0.4 is 5.32 Å². The van der Waals surface area contributed by atoms with Gasteiger partial charge in [0.1, 0.15) is 0 Å². The topological polar surface area (TPSA) is 51.2 Å². The van der Waals surface area contributed by atoms with E-state index in [2.05, 4.69) is 26.2 Å². The summed E-state index contributed by atoms with van der Waals surface area (Å²) in [4.78, 5) is 16.2. The van der Waals surface area contributed by atoms with Gasteiger partial charge in [-0.05, 0) is 34.8 Å². The number of carbonyl (C=O) groups is 1. The Kier molecular flexibility index (Phi) is 3.79. The van der Waals surface area contributed by atoms with Gasteiger partial charge in [-0.2, -0.15) is 0 Å². The monoisotopic (exact) mass is 298 g/mol. The van der Waals surface area contributed by atoms with Gasteiger partial charge in [-0.15, -0.1) is 0 Å². The number of hydrogen-bond acceptors (Lipinski definition) is 3. The van der Waals surface area contributed by atoms with Crippen LogP contribution in [0.2, 0.25) is 0 Å². The number of amides is 1. The molecule has 92 valence electrons. The number of halogens is 1. The number of rotatable bonds is 4. The Morgan fingerprint density at radius 1 is 1.65 bits per heavy atom. The summed E-state index contributed by atoms with van der Waals surface area (Å²) in [5, 5.41) is 2.93. The Hall–Kier alpha value is -0.940. The minimum Gasteiger partial charge on any atom is -0.384 e. The molecule has 1 amide bonds. The van der Waals surface area contributed by atoms with Crippen LogP contribution in [0.15, 0.2) is 22.9 Å². The van der Waals surface area contributed by atoms with Crippen molar-refractivity contribution in [2.24, 2.45) is 5.41 Å². The van der Waals surface area contributed by atoms with Crippen molar-refractivity contribution in [3.8, 4) is 0 Å². The molecule has 0 aromatic carbocycles. The van der Waals surface area contributed by atoms with Crippen LogP contribution in [0.3, 0.4) is 0 Å². The third-order valence-electron chi connectivity index (χ3n) is 3.23. The van der Waals surface area contributed by atoms with E-state index in [0.29, 0.717) is 6.61 Å². The molecule has 0 radical (unpaired) electrons. The van der Waals surface area contributed by atoms with Gasteiger partial charge in [0.25, 0.3) is 0 Å². The summed E-state index contributed by atoms with van der Waals surface area (Å²) < 4.78 is 5.95. The summed E-state index contributed by atoms with van der Waals surface area (Å²) in [5.41, 5.74) is 0.421. The Bertz CT molecular complexity index is 419. The first-order chi connectivity index (χ1) is 8.18. The van der Waals surface area contributed by atoms with Gasteiger partial charge in [0.2, 0.25) is 5.91 Å². The minimum atomic E-state index is -0.336. The first-order valence-electron chi connectivity index (χ1n) is 5.58. The highest BCUT2D eigenvalue weighted by molar-refractivity contribution is 9.10. The lowest BCUT2D eigenvalue weighted by Crippen LogP contribution is -2.45. The first-order valence-corrected chi connectivity index (χ1v) is 6.37. The van der Waals surface area contributed by atoms with Gasteiger partial charge in [-0.1, -0.05) is 6.42 Å². The van der Waals surface area contributed by atoms with Gasteiger partial charge in [0.05, 0.1) is 22.2 Å². The van der Waals surface area contributed by atoms with E-state index in [1.165, 1.54) is 0 Å². The fourth-order valence-corrected chi connectivity index (χ4v) is 2.40. The van der Waals surface area contributed by atoms with Crippen LogP contribution in [0.4, 0.5) is 5.69 Å². The zero-order valence-corrected chi connectivity index (χ0v) is 11.3. The molecule has 0 atom stereocenters. The number of methoxy groups -OCH3 is 1. The fraction of sp³-hybridized carbons (Fsp3) is 0.500. The lowest BCUT2D eigenvalue weighted by molar-refractivity contribution is -0.134. The highest BCUT2D eigenvalue weighted by atomic mass is 79.9. The Balaban J connectivity index is 2.08. The van der Waals surface area contributed by atoms with Gasteiger partial charge >= 0.3 is 0 Å². The maximum atomic E-state index is 12.2. The third-order valence-corrected chi connectivity index (χ3v) is 3.87. The highest BCUT2D eigenvalue weighted by Crippen LogP contribution is 2.42. The molecule has 0 bridgehead atoms. The fourth-order valence-electron chi connectivity index (χ4n) is 2.05. The van der Waals surface area contributed by atoms with E-state index in [-0.39, 0.29) is 11.3 Å². The molecular weight excluding hydrogens is 284 g/mol. The molecule has 1 aliphatic rings. The van der Waals surface area contributed by atoms with Crippen LogP contribution in [-0.4, -0.2) is 24.6 Å². The second-order valence-corrected chi connectivity index (χ2v) is 5.23. The molecule has 0 aliphatic heterocycles. The average Bonchev–Trinajstić information content (AvgIpc) is 2.26. The van der Waals surface area contributed by atoms with Gasteiger partial charge in [-0.25, -0.2) is 0 Å². The Morgan fingerprint density at radius 3 is 2.94 bits per heavy atom. The molecule has 0 unspecified atom stereocenters. The van der Waals surface area contributed by atoms with Gasteiger partial charge in [0.15, 0.2) is 0 Å². The van der Waals surface area contributed by atoms with E-state index in [1.807, 2.05) is 0 Å². The summed E-state index contributed by atoms with van der Waals surface area (Å²) in [5.74, 6) is 0.0394. The van der Waals surface area contributed by atoms with E-state index in [4.69, 9.17) is 4.74 Å². The molecule has 1 N–H and O–H groups in total. The largest absolute Gasteiger partial charge is 0.384 e. The van der Waals surface area contributed by atoms with Crippen LogP contribution in [0.25, 0.3) is 0 Å². The summed E-state index contributed by atoms with van der Waals surface area (Å²) in [6, 6.07) is 1.78. The second kappa shape index (κ2) is 5.14. The lowest BCUT2D eigenvalue weighted by Gasteiger charge is -2.39. The number of anilines is 1. The number of aromatic nitrogens is 1. The number of nitrogens with zero attached hydrogens (tertiary/aromatic N) is 1. The molecule has 1 saturated carbocycles. The summed E-state index contributed by atoms with van der Waals surface area (Å²) >= 11 is 3.36. The van der Waals surface area contributed by atoms with Crippen molar-refractivity contribution in [3.05, 3.63) is 22.9 Å². The van der Waals surface area contributed by atoms with Crippen LogP contribution in [0, 0.1) is 5.41 Å². The Morgan fingerprint density at radius 2 is 2.41 bits per heavy atom. The SMILES string of the molecule is COCC1(C(=O)Nc2ccncc2Br)CCC1. The molecule has 0 spiro atoms. The zero-order valence-electron chi connectivity index (χ0n) is 9.70. The summed E-state index contributed by atoms with van der Waals surface area (Å²) in [6.07, 6.45) is 6.21. The molecule has 4 nitrogen and oxygen atoms in total. The molecule has 1 aliphatic carbocycles. The van der Waals surface area contributed by atoms with E-state index in [1.54, 1.807) is 25.6 Å². The molecule has 1 fully saturated rings. The van der Waals surface area contributed by atoms with Crippen molar-refractivity contribution in [1.82, 2.24) is 4.98 Å². The second-order valence-electron chi connectivity index (χ2n) is 4.38. The summed E-state index contributed by atoms with van der Waals surface area (Å²) in [7, 11) is 1.63. The number of hydrogen-bond donors (Lipinski definition) is 1. The molecule has 1 heterocycles. The van der Waals surface area contributed by atoms with Crippen molar-refractivity contribution >= 4 is 27.5 Å². The van der Waals surface area contributed by atoms with Crippen LogP contribution in [-0.2, 0) is 9.53 Å². The van der Waals surface area contributed by atoms with Gasteiger partial charge in [-0.3, -0.25) is 9.78 Å². The van der Waals surface area contributed by atoms with Crippen molar-refractivity contribution in [1.29, 1.82) is 0 Å². The molecular formula is C12H15BrN2O2. The molecule has 1 aromatic rings. The molecule has 0 saturated heterocycles. The van der Waals surface area contributed by atoms with Crippen molar-refractivity contribution in [3.63, 3.8) is 0 Å². The summed E-state index contributed by atoms with van der Waals surface area (Å²) in [6.45, 7) is 0.488. The smallest absolute Gasteiger partial charge is 0.232 e. The Labute approximate surface area is 109 Å². The number of pyridine rings is 1. The van der Waals surface area contributed by atoms with Crippen LogP contribution in [0.1, 0.15) is 19.3 Å². The van der Waals surface area contributed by atoms with Crippen molar-refractivity contribution in [2.75, 3.05) is 19.0 Å². The maximum absolute atomic E-state index is 12.2. The predicted octanol–water partition coefficient (Wildman–Crippen LogP) is 2.60. The van der Waals surface area contributed by atoms with Gasteiger partial charge in [0, 0.05) is 19.5 Å². The van der Waals surface area contributed by atoms with Crippen LogP contribution in [0.5, 0.6) is 0 Å². The van der Waals surface area contributed by atoms with E-state index < -0.39 is 0 Å². The van der Waals surface area contributed by atoms with E-state index >= 15 is 0 Å². The third kappa shape index (κ3) is 2.50. The number of nitrogens with one attached hydrogen (secondary N) is 1. The maximum Gasteiger partial charge on any atom is 0.232 e.